The second-order valence-electron chi connectivity index (χ2n) is 5.24. The Morgan fingerprint density at radius 1 is 0.778 bits per heavy atom. The largest absolute Gasteiger partial charge is 0.481 e. The zero-order valence-electron chi connectivity index (χ0n) is 17.6. The number of ketones is 2. The fourth-order valence-electron chi connectivity index (χ4n) is 0.727. The molecular formula is C18H36O8Ti. The van der Waals surface area contributed by atoms with Crippen molar-refractivity contribution in [2.45, 2.75) is 67.6 Å². The van der Waals surface area contributed by atoms with E-state index in [-0.39, 0.29) is 57.4 Å². The molecule has 0 heterocycles. The van der Waals surface area contributed by atoms with Crippen LogP contribution in [-0.4, -0.2) is 57.4 Å². The van der Waals surface area contributed by atoms with Gasteiger partial charge in [-0.1, -0.05) is 0 Å². The molecule has 0 atom stereocenters. The Hall–Kier alpha value is -1.35. The van der Waals surface area contributed by atoms with Gasteiger partial charge in [0.15, 0.2) is 11.6 Å². The SMILES string of the molecule is CC(C)O.CC(C)O.CCO/C(O)=C/C(C)=O.CCO/C(O)=C/C(C)=O.[Ti]. The first-order valence-electron chi connectivity index (χ1n) is 8.24. The number of ether oxygens (including phenoxy) is 2. The van der Waals surface area contributed by atoms with Gasteiger partial charge in [0.1, 0.15) is 0 Å². The van der Waals surface area contributed by atoms with Crippen molar-refractivity contribution in [1.82, 2.24) is 0 Å². The molecule has 0 spiro atoms. The van der Waals surface area contributed by atoms with E-state index >= 15 is 0 Å². The number of aliphatic hydroxyl groups excluding tert-OH is 4. The maximum atomic E-state index is 10.2. The summed E-state index contributed by atoms with van der Waals surface area (Å²) in [5, 5.41) is 33.4. The number of allylic oxidation sites excluding steroid dienone is 2. The Morgan fingerprint density at radius 2 is 0.963 bits per heavy atom. The van der Waals surface area contributed by atoms with Crippen LogP contribution in [0.4, 0.5) is 0 Å². The van der Waals surface area contributed by atoms with E-state index in [1.54, 1.807) is 41.5 Å². The molecule has 0 aliphatic carbocycles. The van der Waals surface area contributed by atoms with Gasteiger partial charge < -0.3 is 29.9 Å². The predicted molar refractivity (Wildman–Crippen MR) is 101 cm³/mol. The minimum Gasteiger partial charge on any atom is -0.481 e. The van der Waals surface area contributed by atoms with Crippen LogP contribution >= 0.6 is 0 Å². The number of carbonyl (C=O) groups excluding carboxylic acids is 2. The van der Waals surface area contributed by atoms with Gasteiger partial charge in [0.2, 0.25) is 0 Å². The molecule has 0 unspecified atom stereocenters. The molecular weight excluding hydrogens is 392 g/mol. The third-order valence-electron chi connectivity index (χ3n) is 1.24. The van der Waals surface area contributed by atoms with Crippen LogP contribution in [0.15, 0.2) is 24.0 Å². The summed E-state index contributed by atoms with van der Waals surface area (Å²) in [6.07, 6.45) is 1.73. The number of hydrogen-bond acceptors (Lipinski definition) is 8. The third kappa shape index (κ3) is 79.0. The van der Waals surface area contributed by atoms with E-state index in [1.165, 1.54) is 13.8 Å². The molecule has 160 valence electrons. The Morgan fingerprint density at radius 3 is 1.07 bits per heavy atom. The molecule has 4 N–H and O–H groups in total. The first kappa shape index (κ1) is 36.6. The van der Waals surface area contributed by atoms with Crippen molar-refractivity contribution in [2.75, 3.05) is 13.2 Å². The Kier molecular flexibility index (Phi) is 36.4. The quantitative estimate of drug-likeness (QED) is 0.288. The van der Waals surface area contributed by atoms with Crippen molar-refractivity contribution in [3.05, 3.63) is 24.0 Å². The molecule has 0 saturated carbocycles. The normalized spacial score (nSPS) is 10.1. The van der Waals surface area contributed by atoms with E-state index in [9.17, 15) is 9.59 Å². The van der Waals surface area contributed by atoms with Gasteiger partial charge in [-0.25, -0.2) is 0 Å². The van der Waals surface area contributed by atoms with Gasteiger partial charge in [0.25, 0.3) is 11.9 Å². The van der Waals surface area contributed by atoms with Gasteiger partial charge in [-0.05, 0) is 55.4 Å². The molecule has 0 bridgehead atoms. The number of aliphatic hydroxyl groups is 4. The maximum Gasteiger partial charge on any atom is 0.280 e. The van der Waals surface area contributed by atoms with Crippen LogP contribution in [0.2, 0.25) is 0 Å². The number of carbonyl (C=O) groups is 2. The zero-order valence-corrected chi connectivity index (χ0v) is 19.2. The van der Waals surface area contributed by atoms with Gasteiger partial charge in [0.05, 0.1) is 25.4 Å². The molecule has 0 fully saturated rings. The van der Waals surface area contributed by atoms with Gasteiger partial charge >= 0.3 is 0 Å². The molecule has 0 radical (unpaired) electrons. The van der Waals surface area contributed by atoms with Crippen molar-refractivity contribution >= 4 is 11.6 Å². The smallest absolute Gasteiger partial charge is 0.280 e. The summed E-state index contributed by atoms with van der Waals surface area (Å²) in [5.74, 6) is -1.07. The second-order valence-corrected chi connectivity index (χ2v) is 5.24. The molecule has 27 heavy (non-hydrogen) atoms. The molecule has 0 aromatic heterocycles. The summed E-state index contributed by atoms with van der Waals surface area (Å²) in [7, 11) is 0. The Bertz CT molecular complexity index is 361. The fourth-order valence-corrected chi connectivity index (χ4v) is 0.727. The standard InChI is InChI=1S/2C6H10O3.2C3H8O.Ti/c2*1-3-9-6(8)4-5(2)7;2*1-3(2)4;/h2*4,8H,3H2,1-2H3;2*3-4H,1-2H3;/b2*6-4+;;;. The minimum absolute atomic E-state index is 0. The average molecular weight is 428 g/mol. The van der Waals surface area contributed by atoms with Gasteiger partial charge in [-0.3, -0.25) is 9.59 Å². The molecule has 0 saturated heterocycles. The molecule has 0 aliphatic heterocycles. The summed E-state index contributed by atoms with van der Waals surface area (Å²) < 4.78 is 9.10. The van der Waals surface area contributed by atoms with Crippen LogP contribution in [0.5, 0.6) is 0 Å². The van der Waals surface area contributed by atoms with Crippen LogP contribution < -0.4 is 0 Å². The van der Waals surface area contributed by atoms with Crippen molar-refractivity contribution < 1.29 is 61.2 Å². The van der Waals surface area contributed by atoms with E-state index in [0.717, 1.165) is 12.2 Å². The fraction of sp³-hybridized carbons (Fsp3) is 0.667. The molecule has 8 nitrogen and oxygen atoms in total. The van der Waals surface area contributed by atoms with E-state index < -0.39 is 0 Å². The molecule has 0 aromatic carbocycles. The van der Waals surface area contributed by atoms with Crippen LogP contribution in [0.25, 0.3) is 0 Å². The predicted octanol–water partition coefficient (Wildman–Crippen LogP) is 2.79. The van der Waals surface area contributed by atoms with Crippen LogP contribution in [0.3, 0.4) is 0 Å². The van der Waals surface area contributed by atoms with Gasteiger partial charge in [-0.2, -0.15) is 0 Å². The Balaban J connectivity index is -0.0000000843. The minimum atomic E-state index is -0.315. The topological polar surface area (TPSA) is 134 Å². The summed E-state index contributed by atoms with van der Waals surface area (Å²) in [6.45, 7) is 13.8. The van der Waals surface area contributed by atoms with Crippen LogP contribution in [0, 0.1) is 0 Å². The summed E-state index contributed by atoms with van der Waals surface area (Å²) in [5.41, 5.74) is 0. The molecule has 0 rings (SSSR count). The molecule has 0 aliphatic rings. The Labute approximate surface area is 177 Å². The first-order valence-corrected chi connectivity index (χ1v) is 8.24. The van der Waals surface area contributed by atoms with Crippen LogP contribution in [0.1, 0.15) is 55.4 Å². The number of hydrogen-bond donors (Lipinski definition) is 4. The van der Waals surface area contributed by atoms with Crippen molar-refractivity contribution in [3.8, 4) is 0 Å². The number of rotatable bonds is 6. The van der Waals surface area contributed by atoms with E-state index in [4.69, 9.17) is 20.4 Å². The maximum absolute atomic E-state index is 10.2. The summed E-state index contributed by atoms with van der Waals surface area (Å²) >= 11 is 0. The van der Waals surface area contributed by atoms with E-state index in [2.05, 4.69) is 9.47 Å². The zero-order chi connectivity index (χ0) is 21.7. The average Bonchev–Trinajstić information content (AvgIpc) is 2.36. The first-order chi connectivity index (χ1) is 11.8. The second kappa shape index (κ2) is 26.9. The molecule has 0 aromatic rings. The summed E-state index contributed by atoms with van der Waals surface area (Å²) in [4.78, 5) is 20.4. The van der Waals surface area contributed by atoms with Gasteiger partial charge in [0, 0.05) is 33.9 Å². The summed E-state index contributed by atoms with van der Waals surface area (Å²) in [6, 6.07) is 0. The molecule has 9 heteroatoms. The van der Waals surface area contributed by atoms with Gasteiger partial charge in [-0.15, -0.1) is 0 Å². The molecule has 0 amide bonds. The van der Waals surface area contributed by atoms with Crippen molar-refractivity contribution in [3.63, 3.8) is 0 Å². The van der Waals surface area contributed by atoms with Crippen LogP contribution in [-0.2, 0) is 40.8 Å². The monoisotopic (exact) mass is 428 g/mol. The van der Waals surface area contributed by atoms with E-state index in [0.29, 0.717) is 13.2 Å². The van der Waals surface area contributed by atoms with Crippen molar-refractivity contribution in [2.24, 2.45) is 0 Å². The third-order valence-corrected chi connectivity index (χ3v) is 1.24. The van der Waals surface area contributed by atoms with Crippen molar-refractivity contribution in [1.29, 1.82) is 0 Å². The van der Waals surface area contributed by atoms with E-state index in [1.807, 2.05) is 0 Å².